The summed E-state index contributed by atoms with van der Waals surface area (Å²) in [6, 6.07) is 0. The van der Waals surface area contributed by atoms with E-state index < -0.39 is 0 Å². The van der Waals surface area contributed by atoms with E-state index in [0.717, 1.165) is 57.5 Å². The molecule has 0 N–H and O–H groups in total. The Morgan fingerprint density at radius 2 is 1.15 bits per heavy atom. The van der Waals surface area contributed by atoms with E-state index in [4.69, 9.17) is 9.47 Å². The second-order valence-corrected chi connectivity index (χ2v) is 12.2. The lowest BCUT2D eigenvalue weighted by molar-refractivity contribution is -0.150. The Morgan fingerprint density at radius 3 is 1.66 bits per heavy atom. The summed E-state index contributed by atoms with van der Waals surface area (Å²) < 4.78 is 10.7. The number of carbonyl (C=O) groups excluding carboxylic acids is 3. The van der Waals surface area contributed by atoms with E-state index in [1.807, 2.05) is 0 Å². The molecule has 0 aliphatic heterocycles. The third kappa shape index (κ3) is 23.9. The number of hydrogen-bond acceptors (Lipinski definition) is 7. The van der Waals surface area contributed by atoms with Crippen LogP contribution in [0.5, 0.6) is 0 Å². The first kappa shape index (κ1) is 39.7. The number of nitrogens with zero attached hydrogens (tertiary/aromatic N) is 2. The van der Waals surface area contributed by atoms with Gasteiger partial charge in [-0.15, -0.1) is 0 Å². The average Bonchev–Trinajstić information content (AvgIpc) is 2.97. The van der Waals surface area contributed by atoms with E-state index >= 15 is 0 Å². The maximum Gasteiger partial charge on any atom is 0.306 e. The van der Waals surface area contributed by atoms with Gasteiger partial charge >= 0.3 is 11.9 Å². The van der Waals surface area contributed by atoms with E-state index in [9.17, 15) is 14.4 Å². The number of rotatable bonds is 28. The molecule has 0 saturated heterocycles. The molecule has 8 heteroatoms. The summed E-state index contributed by atoms with van der Waals surface area (Å²) in [6.45, 7) is 12.8. The van der Waals surface area contributed by atoms with Gasteiger partial charge in [0.25, 0.3) is 5.24 Å². The monoisotopic (exact) mass is 600 g/mol. The summed E-state index contributed by atoms with van der Waals surface area (Å²) >= 11 is 1.34. The summed E-state index contributed by atoms with van der Waals surface area (Å²) in [7, 11) is 1.38. The highest BCUT2D eigenvalue weighted by Gasteiger charge is 2.18. The fraction of sp³-hybridized carbons (Fsp3) is 0.909. The summed E-state index contributed by atoms with van der Waals surface area (Å²) in [5.74, 6) is 0.353. The molecule has 0 heterocycles. The molecule has 0 aliphatic rings. The van der Waals surface area contributed by atoms with Gasteiger partial charge in [0.1, 0.15) is 6.10 Å². The maximum atomic E-state index is 13.0. The van der Waals surface area contributed by atoms with Crippen molar-refractivity contribution < 1.29 is 23.9 Å². The molecule has 0 aromatic carbocycles. The minimum Gasteiger partial charge on any atom is -0.469 e. The van der Waals surface area contributed by atoms with E-state index in [0.29, 0.717) is 32.4 Å². The second-order valence-electron chi connectivity index (χ2n) is 11.1. The van der Waals surface area contributed by atoms with Crippen LogP contribution in [0.15, 0.2) is 0 Å². The smallest absolute Gasteiger partial charge is 0.306 e. The Kier molecular flexibility index (Phi) is 27.9. The van der Waals surface area contributed by atoms with Crippen molar-refractivity contribution in [3.63, 3.8) is 0 Å². The van der Waals surface area contributed by atoms with Gasteiger partial charge < -0.3 is 19.3 Å². The van der Waals surface area contributed by atoms with Gasteiger partial charge in [0.2, 0.25) is 0 Å². The predicted octanol–water partition coefficient (Wildman–Crippen LogP) is 8.63. The highest BCUT2D eigenvalue weighted by Crippen LogP contribution is 2.18. The standard InChI is InChI=1S/C33H64N2O5S/c1-6-10-12-14-16-18-23-30(22-17-15-13-11-7-2)40-32(37)25-20-28-35(27-19-24-31(36)39-5)33(38)41-29-21-26-34(8-3)9-4/h30H,6-29H2,1-5H3. The molecule has 0 bridgehead atoms. The van der Waals surface area contributed by atoms with Crippen LogP contribution in [0.4, 0.5) is 4.79 Å². The first-order valence-corrected chi connectivity index (χ1v) is 17.8. The average molecular weight is 601 g/mol. The highest BCUT2D eigenvalue weighted by molar-refractivity contribution is 8.13. The minimum atomic E-state index is -0.265. The van der Waals surface area contributed by atoms with Crippen molar-refractivity contribution in [2.24, 2.45) is 0 Å². The molecular formula is C33H64N2O5S. The highest BCUT2D eigenvalue weighted by atomic mass is 32.2. The van der Waals surface area contributed by atoms with E-state index in [2.05, 4.69) is 32.6 Å². The number of ether oxygens (including phenoxy) is 2. The minimum absolute atomic E-state index is 0.00876. The number of thioether (sulfide) groups is 1. The van der Waals surface area contributed by atoms with E-state index in [1.54, 1.807) is 4.90 Å². The maximum absolute atomic E-state index is 13.0. The molecule has 0 radical (unpaired) electrons. The zero-order valence-corrected chi connectivity index (χ0v) is 28.2. The molecule has 0 aliphatic carbocycles. The Hall–Kier alpha value is -1.28. The fourth-order valence-electron chi connectivity index (χ4n) is 4.94. The number of hydrogen-bond donors (Lipinski definition) is 0. The largest absolute Gasteiger partial charge is 0.469 e. The van der Waals surface area contributed by atoms with Gasteiger partial charge in [-0.05, 0) is 64.6 Å². The number of carbonyl (C=O) groups is 3. The zero-order chi connectivity index (χ0) is 30.6. The van der Waals surface area contributed by atoms with Crippen LogP contribution in [-0.4, -0.2) is 78.7 Å². The molecule has 0 aromatic rings. The van der Waals surface area contributed by atoms with Crippen LogP contribution in [0.1, 0.15) is 143 Å². The summed E-state index contributed by atoms with van der Waals surface area (Å²) in [6.07, 6.45) is 18.1. The molecule has 41 heavy (non-hydrogen) atoms. The number of amides is 1. The lowest BCUT2D eigenvalue weighted by atomic mass is 10.0. The van der Waals surface area contributed by atoms with Crippen LogP contribution in [0.2, 0.25) is 0 Å². The lowest BCUT2D eigenvalue weighted by Gasteiger charge is -2.23. The van der Waals surface area contributed by atoms with E-state index in [1.165, 1.54) is 76.7 Å². The second kappa shape index (κ2) is 28.8. The van der Waals surface area contributed by atoms with Crippen LogP contribution < -0.4 is 0 Å². The zero-order valence-electron chi connectivity index (χ0n) is 27.4. The van der Waals surface area contributed by atoms with Crippen molar-refractivity contribution in [1.29, 1.82) is 0 Å². The molecule has 0 aromatic heterocycles. The molecule has 0 saturated carbocycles. The molecular weight excluding hydrogens is 536 g/mol. The number of unbranched alkanes of at least 4 members (excludes halogenated alkanes) is 9. The third-order valence-electron chi connectivity index (χ3n) is 7.65. The summed E-state index contributed by atoms with van der Waals surface area (Å²) in [4.78, 5) is 41.5. The van der Waals surface area contributed by atoms with Gasteiger partial charge in [-0.3, -0.25) is 14.4 Å². The molecule has 1 unspecified atom stereocenters. The van der Waals surface area contributed by atoms with Gasteiger partial charge in [-0.1, -0.05) is 97.2 Å². The van der Waals surface area contributed by atoms with Gasteiger partial charge in [0, 0.05) is 31.7 Å². The SMILES string of the molecule is CCCCCCCCC(CCCCCCC)OC(=O)CCCN(CCCC(=O)OC)C(=O)SCCCN(CC)CC. The van der Waals surface area contributed by atoms with Gasteiger partial charge in [-0.2, -0.15) is 0 Å². The van der Waals surface area contributed by atoms with Gasteiger partial charge in [0.05, 0.1) is 7.11 Å². The Bertz CT molecular complexity index is 645. The van der Waals surface area contributed by atoms with Crippen LogP contribution in [0.25, 0.3) is 0 Å². The van der Waals surface area contributed by atoms with Crippen molar-refractivity contribution in [3.8, 4) is 0 Å². The topological polar surface area (TPSA) is 76.1 Å². The van der Waals surface area contributed by atoms with Crippen molar-refractivity contribution in [1.82, 2.24) is 9.80 Å². The predicted molar refractivity (Wildman–Crippen MR) is 174 cm³/mol. The van der Waals surface area contributed by atoms with Crippen molar-refractivity contribution in [2.45, 2.75) is 149 Å². The first-order chi connectivity index (χ1) is 19.9. The third-order valence-corrected chi connectivity index (χ3v) is 8.65. The van der Waals surface area contributed by atoms with Crippen LogP contribution in [0.3, 0.4) is 0 Å². The van der Waals surface area contributed by atoms with E-state index in [-0.39, 0.29) is 29.7 Å². The van der Waals surface area contributed by atoms with Crippen molar-refractivity contribution in [3.05, 3.63) is 0 Å². The number of methoxy groups -OCH3 is 1. The quantitative estimate of drug-likeness (QED) is 0.0657. The normalized spacial score (nSPS) is 12.0. The summed E-state index contributed by atoms with van der Waals surface area (Å²) in [5, 5.41) is 0.0239. The Morgan fingerprint density at radius 1 is 0.634 bits per heavy atom. The molecule has 7 nitrogen and oxygen atoms in total. The summed E-state index contributed by atoms with van der Waals surface area (Å²) in [5.41, 5.74) is 0. The van der Waals surface area contributed by atoms with Crippen LogP contribution >= 0.6 is 11.8 Å². The Labute approximate surface area is 257 Å². The lowest BCUT2D eigenvalue weighted by Crippen LogP contribution is -2.31. The molecule has 0 fully saturated rings. The molecule has 1 amide bonds. The van der Waals surface area contributed by atoms with Crippen LogP contribution in [0, 0.1) is 0 Å². The van der Waals surface area contributed by atoms with Crippen molar-refractivity contribution in [2.75, 3.05) is 45.6 Å². The van der Waals surface area contributed by atoms with Crippen molar-refractivity contribution >= 4 is 28.9 Å². The van der Waals surface area contributed by atoms with Crippen LogP contribution in [-0.2, 0) is 19.1 Å². The molecule has 0 spiro atoms. The Balaban J connectivity index is 4.74. The number of esters is 2. The molecule has 1 atom stereocenters. The molecule has 242 valence electrons. The fourth-order valence-corrected chi connectivity index (χ4v) is 5.75. The van der Waals surface area contributed by atoms with Gasteiger partial charge in [0.15, 0.2) is 0 Å². The molecule has 0 rings (SSSR count). The van der Waals surface area contributed by atoms with Gasteiger partial charge in [-0.25, -0.2) is 0 Å². The first-order valence-electron chi connectivity index (χ1n) is 16.8.